The number of carbonyl (C=O) groups is 1. The molecule has 0 saturated carbocycles. The Morgan fingerprint density at radius 3 is 2.75 bits per heavy atom. The summed E-state index contributed by atoms with van der Waals surface area (Å²) in [5.41, 5.74) is 1.99. The van der Waals surface area contributed by atoms with Gasteiger partial charge in [-0.2, -0.15) is 0 Å². The van der Waals surface area contributed by atoms with E-state index in [9.17, 15) is 4.79 Å². The number of aryl methyl sites for hydroxylation is 1. The van der Waals surface area contributed by atoms with Gasteiger partial charge < -0.3 is 10.3 Å². The highest BCUT2D eigenvalue weighted by Crippen LogP contribution is 2.11. The maximum Gasteiger partial charge on any atom is 0.220 e. The smallest absolute Gasteiger partial charge is 0.220 e. The van der Waals surface area contributed by atoms with Crippen LogP contribution in [0, 0.1) is 5.92 Å². The molecule has 0 fully saturated rings. The van der Waals surface area contributed by atoms with Crippen molar-refractivity contribution in [3.63, 3.8) is 0 Å². The Bertz CT molecular complexity index is 525. The van der Waals surface area contributed by atoms with Crippen LogP contribution in [0.15, 0.2) is 24.3 Å². The molecule has 2 aromatic rings. The van der Waals surface area contributed by atoms with Crippen LogP contribution in [0.3, 0.4) is 0 Å². The average molecular weight is 273 g/mol. The first-order valence-corrected chi connectivity index (χ1v) is 7.43. The van der Waals surface area contributed by atoms with Crippen molar-refractivity contribution in [1.29, 1.82) is 0 Å². The van der Waals surface area contributed by atoms with Gasteiger partial charge in [0.15, 0.2) is 0 Å². The van der Waals surface area contributed by atoms with Crippen LogP contribution in [0.5, 0.6) is 0 Å². The van der Waals surface area contributed by atoms with E-state index in [1.54, 1.807) is 0 Å². The minimum atomic E-state index is 0.109. The summed E-state index contributed by atoms with van der Waals surface area (Å²) in [6, 6.07) is 7.92. The molecule has 1 aromatic heterocycles. The summed E-state index contributed by atoms with van der Waals surface area (Å²) in [6.45, 7) is 5.11. The van der Waals surface area contributed by atoms with Gasteiger partial charge in [0.1, 0.15) is 5.82 Å². The molecule has 4 heteroatoms. The molecule has 0 saturated heterocycles. The third-order valence-electron chi connectivity index (χ3n) is 3.77. The molecule has 2 rings (SSSR count). The van der Waals surface area contributed by atoms with Crippen LogP contribution < -0.4 is 5.32 Å². The van der Waals surface area contributed by atoms with Gasteiger partial charge in [0.05, 0.1) is 11.0 Å². The number of H-pyrrole nitrogens is 1. The summed E-state index contributed by atoms with van der Waals surface area (Å²) in [4.78, 5) is 19.5. The molecular weight excluding hydrogens is 250 g/mol. The van der Waals surface area contributed by atoms with Gasteiger partial charge in [0, 0.05) is 19.4 Å². The summed E-state index contributed by atoms with van der Waals surface area (Å²) in [6.07, 6.45) is 3.37. The lowest BCUT2D eigenvalue weighted by molar-refractivity contribution is -0.121. The zero-order valence-electron chi connectivity index (χ0n) is 12.3. The maximum atomic E-state index is 11.8. The van der Waals surface area contributed by atoms with Crippen molar-refractivity contribution in [2.24, 2.45) is 5.92 Å². The van der Waals surface area contributed by atoms with E-state index in [1.807, 2.05) is 24.3 Å². The number of aromatic amines is 1. The Balaban J connectivity index is 1.81. The van der Waals surface area contributed by atoms with Gasteiger partial charge in [0.25, 0.3) is 0 Å². The lowest BCUT2D eigenvalue weighted by atomic mass is 10.0. The molecule has 0 radical (unpaired) electrons. The minimum absolute atomic E-state index is 0.109. The number of aromatic nitrogens is 2. The zero-order chi connectivity index (χ0) is 14.4. The molecule has 2 N–H and O–H groups in total. The van der Waals surface area contributed by atoms with Gasteiger partial charge in [-0.1, -0.05) is 38.8 Å². The molecule has 1 amide bonds. The highest BCUT2D eigenvalue weighted by atomic mass is 16.1. The third kappa shape index (κ3) is 3.83. The SMILES string of the molecule is CCC(CC)CNC(=O)CCc1nc2ccccc2[nH]1. The number of benzene rings is 1. The number of fused-ring (bicyclic) bond motifs is 1. The van der Waals surface area contributed by atoms with Crippen molar-refractivity contribution in [2.45, 2.75) is 39.5 Å². The van der Waals surface area contributed by atoms with Gasteiger partial charge in [-0.25, -0.2) is 4.98 Å². The molecule has 4 nitrogen and oxygen atoms in total. The van der Waals surface area contributed by atoms with E-state index in [-0.39, 0.29) is 5.91 Å². The van der Waals surface area contributed by atoms with E-state index in [0.717, 1.165) is 36.2 Å². The molecule has 20 heavy (non-hydrogen) atoms. The first-order chi connectivity index (χ1) is 9.72. The molecule has 108 valence electrons. The maximum absolute atomic E-state index is 11.8. The number of nitrogens with zero attached hydrogens (tertiary/aromatic N) is 1. The van der Waals surface area contributed by atoms with Crippen LogP contribution in [0.1, 0.15) is 38.9 Å². The second-order valence-electron chi connectivity index (χ2n) is 5.19. The first-order valence-electron chi connectivity index (χ1n) is 7.43. The van der Waals surface area contributed by atoms with Crippen LogP contribution >= 0.6 is 0 Å². The van der Waals surface area contributed by atoms with Gasteiger partial charge in [-0.3, -0.25) is 4.79 Å². The number of rotatable bonds is 7. The number of hydrogen-bond acceptors (Lipinski definition) is 2. The van der Waals surface area contributed by atoms with Crippen LogP contribution in [-0.2, 0) is 11.2 Å². The second-order valence-corrected chi connectivity index (χ2v) is 5.19. The lowest BCUT2D eigenvalue weighted by Crippen LogP contribution is -2.29. The molecule has 0 bridgehead atoms. The summed E-state index contributed by atoms with van der Waals surface area (Å²) in [7, 11) is 0. The van der Waals surface area contributed by atoms with E-state index in [1.165, 1.54) is 0 Å². The van der Waals surface area contributed by atoms with Crippen molar-refractivity contribution >= 4 is 16.9 Å². The molecule has 1 aromatic carbocycles. The normalized spacial score (nSPS) is 11.2. The highest BCUT2D eigenvalue weighted by molar-refractivity contribution is 5.77. The van der Waals surface area contributed by atoms with E-state index in [2.05, 4.69) is 29.1 Å². The first kappa shape index (κ1) is 14.6. The largest absolute Gasteiger partial charge is 0.356 e. The van der Waals surface area contributed by atoms with Crippen molar-refractivity contribution in [1.82, 2.24) is 15.3 Å². The van der Waals surface area contributed by atoms with Crippen molar-refractivity contribution in [3.8, 4) is 0 Å². The third-order valence-corrected chi connectivity index (χ3v) is 3.77. The Kier molecular flexibility index (Phi) is 5.16. The van der Waals surface area contributed by atoms with Gasteiger partial charge in [0.2, 0.25) is 5.91 Å². The minimum Gasteiger partial charge on any atom is -0.356 e. The molecule has 0 aliphatic heterocycles. The number of amides is 1. The Morgan fingerprint density at radius 1 is 1.30 bits per heavy atom. The van der Waals surface area contributed by atoms with Gasteiger partial charge in [-0.15, -0.1) is 0 Å². The molecular formula is C16H23N3O. The highest BCUT2D eigenvalue weighted by Gasteiger charge is 2.08. The average Bonchev–Trinajstić information content (AvgIpc) is 2.89. The molecule has 1 heterocycles. The fraction of sp³-hybridized carbons (Fsp3) is 0.500. The summed E-state index contributed by atoms with van der Waals surface area (Å²) < 4.78 is 0. The van der Waals surface area contributed by atoms with Crippen LogP contribution in [0.4, 0.5) is 0 Å². The second kappa shape index (κ2) is 7.08. The number of carbonyl (C=O) groups excluding carboxylic acids is 1. The molecule has 0 unspecified atom stereocenters. The summed E-state index contributed by atoms with van der Waals surface area (Å²) in [5.74, 6) is 1.58. The van der Waals surface area contributed by atoms with E-state index >= 15 is 0 Å². The Labute approximate surface area is 120 Å². The monoisotopic (exact) mass is 273 g/mol. The van der Waals surface area contributed by atoms with Gasteiger partial charge in [-0.05, 0) is 18.1 Å². The zero-order valence-corrected chi connectivity index (χ0v) is 12.3. The molecule has 0 aliphatic rings. The Morgan fingerprint density at radius 2 is 2.05 bits per heavy atom. The van der Waals surface area contributed by atoms with Crippen molar-refractivity contribution < 1.29 is 4.79 Å². The quantitative estimate of drug-likeness (QED) is 0.814. The molecule has 0 aliphatic carbocycles. The van der Waals surface area contributed by atoms with Crippen molar-refractivity contribution in [2.75, 3.05) is 6.54 Å². The fourth-order valence-corrected chi connectivity index (χ4v) is 2.28. The lowest BCUT2D eigenvalue weighted by Gasteiger charge is -2.12. The Hall–Kier alpha value is -1.84. The number of para-hydroxylation sites is 2. The number of nitrogens with one attached hydrogen (secondary N) is 2. The van der Waals surface area contributed by atoms with Crippen molar-refractivity contribution in [3.05, 3.63) is 30.1 Å². The molecule has 0 atom stereocenters. The standard InChI is InChI=1S/C16H23N3O/c1-3-12(4-2)11-17-16(20)10-9-15-18-13-7-5-6-8-14(13)19-15/h5-8,12H,3-4,9-11H2,1-2H3,(H,17,20)(H,18,19). The van der Waals surface area contributed by atoms with E-state index < -0.39 is 0 Å². The number of imidazole rings is 1. The predicted molar refractivity (Wildman–Crippen MR) is 81.5 cm³/mol. The number of hydrogen-bond donors (Lipinski definition) is 2. The van der Waals surface area contributed by atoms with E-state index in [0.29, 0.717) is 18.8 Å². The van der Waals surface area contributed by atoms with Gasteiger partial charge >= 0.3 is 0 Å². The fourth-order valence-electron chi connectivity index (χ4n) is 2.28. The molecule has 0 spiro atoms. The summed E-state index contributed by atoms with van der Waals surface area (Å²) in [5, 5.41) is 3.01. The van der Waals surface area contributed by atoms with Crippen LogP contribution in [0.25, 0.3) is 11.0 Å². The van der Waals surface area contributed by atoms with Crippen LogP contribution in [-0.4, -0.2) is 22.4 Å². The van der Waals surface area contributed by atoms with E-state index in [4.69, 9.17) is 0 Å². The predicted octanol–water partition coefficient (Wildman–Crippen LogP) is 3.05. The van der Waals surface area contributed by atoms with Crippen LogP contribution in [0.2, 0.25) is 0 Å². The topological polar surface area (TPSA) is 57.8 Å². The summed E-state index contributed by atoms with van der Waals surface area (Å²) >= 11 is 0.